The van der Waals surface area contributed by atoms with Crippen LogP contribution in [0.1, 0.15) is 44.6 Å². The van der Waals surface area contributed by atoms with E-state index in [9.17, 15) is 5.11 Å². The quantitative estimate of drug-likeness (QED) is 0.597. The number of hydrogen-bond acceptors (Lipinski definition) is 7. The number of hydrogen-bond donors (Lipinski definition) is 2. The summed E-state index contributed by atoms with van der Waals surface area (Å²) in [7, 11) is 0. The molecule has 3 rings (SSSR count). The number of aromatic nitrogens is 2. The van der Waals surface area contributed by atoms with E-state index in [4.69, 9.17) is 14.7 Å². The summed E-state index contributed by atoms with van der Waals surface area (Å²) in [5, 5.41) is 14.8. The number of aliphatic hydroxyl groups excluding tert-OH is 1. The van der Waals surface area contributed by atoms with Gasteiger partial charge in [-0.3, -0.25) is 0 Å². The van der Waals surface area contributed by atoms with E-state index >= 15 is 0 Å². The molecule has 0 amide bonds. The van der Waals surface area contributed by atoms with E-state index in [1.165, 1.54) is 10.4 Å². The van der Waals surface area contributed by atoms with Crippen LogP contribution in [0.4, 0.5) is 5.82 Å². The van der Waals surface area contributed by atoms with Gasteiger partial charge >= 0.3 is 0 Å². The van der Waals surface area contributed by atoms with Crippen LogP contribution in [-0.2, 0) is 17.8 Å². The number of nitrogens with zero attached hydrogens (tertiary/aromatic N) is 2. The van der Waals surface area contributed by atoms with Crippen LogP contribution in [0.15, 0.2) is 5.16 Å². The standard InChI is InChI=1S/C17H25N3O2S2/c1-5-17(4)8-11-12(9-22-17)24-15-13(11)14(18-6-7-21)19-16(20-15)23-10(2)3/h10,21H,5-9H2,1-4H3,(H,18,19,20). The second-order valence-electron chi connectivity index (χ2n) is 6.62. The van der Waals surface area contributed by atoms with Crippen molar-refractivity contribution in [1.29, 1.82) is 0 Å². The lowest BCUT2D eigenvalue weighted by molar-refractivity contribution is -0.0542. The highest BCUT2D eigenvalue weighted by Gasteiger charge is 2.33. The van der Waals surface area contributed by atoms with Crippen LogP contribution in [0.5, 0.6) is 0 Å². The van der Waals surface area contributed by atoms with Gasteiger partial charge in [0.05, 0.1) is 24.2 Å². The van der Waals surface area contributed by atoms with Crippen LogP contribution in [0.3, 0.4) is 0 Å². The van der Waals surface area contributed by atoms with Gasteiger partial charge in [0.1, 0.15) is 10.6 Å². The maximum atomic E-state index is 9.20. The highest BCUT2D eigenvalue weighted by atomic mass is 32.2. The largest absolute Gasteiger partial charge is 0.395 e. The number of aliphatic hydroxyl groups is 1. The van der Waals surface area contributed by atoms with Gasteiger partial charge in [-0.05, 0) is 18.9 Å². The Labute approximate surface area is 151 Å². The first kappa shape index (κ1) is 17.9. The Morgan fingerprint density at radius 2 is 2.21 bits per heavy atom. The molecule has 132 valence electrons. The number of rotatable bonds is 6. The molecule has 0 saturated carbocycles. The van der Waals surface area contributed by atoms with E-state index in [1.807, 2.05) is 0 Å². The third-order valence-electron chi connectivity index (χ3n) is 4.31. The van der Waals surface area contributed by atoms with Crippen molar-refractivity contribution in [3.8, 4) is 0 Å². The van der Waals surface area contributed by atoms with Crippen LogP contribution in [0, 0.1) is 0 Å². The Morgan fingerprint density at radius 1 is 1.42 bits per heavy atom. The van der Waals surface area contributed by atoms with E-state index in [-0.39, 0.29) is 12.2 Å². The average Bonchev–Trinajstić information content (AvgIpc) is 2.89. The first-order valence-corrected chi connectivity index (χ1v) is 10.1. The Balaban J connectivity index is 2.10. The lowest BCUT2D eigenvalue weighted by atomic mass is 9.90. The van der Waals surface area contributed by atoms with Crippen LogP contribution < -0.4 is 5.32 Å². The van der Waals surface area contributed by atoms with Crippen molar-refractivity contribution in [2.24, 2.45) is 0 Å². The van der Waals surface area contributed by atoms with Gasteiger partial charge in [0.25, 0.3) is 0 Å². The van der Waals surface area contributed by atoms with Crippen molar-refractivity contribution in [3.63, 3.8) is 0 Å². The molecule has 0 radical (unpaired) electrons. The molecule has 0 fully saturated rings. The molecule has 7 heteroatoms. The molecule has 2 aromatic rings. The van der Waals surface area contributed by atoms with Crippen molar-refractivity contribution in [3.05, 3.63) is 10.4 Å². The number of anilines is 1. The zero-order chi connectivity index (χ0) is 17.3. The van der Waals surface area contributed by atoms with E-state index in [0.717, 1.165) is 34.0 Å². The van der Waals surface area contributed by atoms with E-state index < -0.39 is 0 Å². The third-order valence-corrected chi connectivity index (χ3v) is 6.27. The Bertz CT molecular complexity index is 732. The summed E-state index contributed by atoms with van der Waals surface area (Å²) >= 11 is 3.37. The first-order valence-electron chi connectivity index (χ1n) is 8.43. The lowest BCUT2D eigenvalue weighted by Crippen LogP contribution is -2.34. The monoisotopic (exact) mass is 367 g/mol. The Morgan fingerprint density at radius 3 is 2.88 bits per heavy atom. The second-order valence-corrected chi connectivity index (χ2v) is 9.25. The molecule has 0 aliphatic carbocycles. The Hall–Kier alpha value is -0.890. The summed E-state index contributed by atoms with van der Waals surface area (Å²) in [6.07, 6.45) is 1.86. The van der Waals surface area contributed by atoms with Gasteiger partial charge < -0.3 is 15.2 Å². The molecule has 1 unspecified atom stereocenters. The second kappa shape index (κ2) is 7.15. The summed E-state index contributed by atoms with van der Waals surface area (Å²) in [6, 6.07) is 0. The highest BCUT2D eigenvalue weighted by Crippen LogP contribution is 2.42. The zero-order valence-electron chi connectivity index (χ0n) is 14.7. The van der Waals surface area contributed by atoms with E-state index in [1.54, 1.807) is 23.1 Å². The minimum atomic E-state index is -0.124. The van der Waals surface area contributed by atoms with Gasteiger partial charge in [-0.2, -0.15) is 0 Å². The summed E-state index contributed by atoms with van der Waals surface area (Å²) in [6.45, 7) is 9.83. The molecule has 0 aromatic carbocycles. The summed E-state index contributed by atoms with van der Waals surface area (Å²) in [5.74, 6) is 0.843. The van der Waals surface area contributed by atoms with Crippen molar-refractivity contribution >= 4 is 39.1 Å². The molecule has 1 aliphatic rings. The fourth-order valence-corrected chi connectivity index (χ4v) is 4.72. The third kappa shape index (κ3) is 3.54. The molecule has 2 aromatic heterocycles. The van der Waals surface area contributed by atoms with Gasteiger partial charge in [0.15, 0.2) is 5.16 Å². The number of ether oxygens (including phenoxy) is 1. The van der Waals surface area contributed by atoms with Gasteiger partial charge in [-0.15, -0.1) is 11.3 Å². The molecule has 0 bridgehead atoms. The fraction of sp³-hybridized carbons (Fsp3) is 0.647. The molecule has 0 spiro atoms. The van der Waals surface area contributed by atoms with Crippen LogP contribution >= 0.6 is 23.1 Å². The highest BCUT2D eigenvalue weighted by molar-refractivity contribution is 7.99. The molecule has 1 atom stereocenters. The Kier molecular flexibility index (Phi) is 5.34. The SMILES string of the molecule is CCC1(C)Cc2c(sc3nc(SC(C)C)nc(NCCO)c23)CO1. The first-order chi connectivity index (χ1) is 11.5. The fourth-order valence-electron chi connectivity index (χ4n) is 2.85. The molecular weight excluding hydrogens is 342 g/mol. The number of thiophene rings is 1. The average molecular weight is 368 g/mol. The molecule has 24 heavy (non-hydrogen) atoms. The topological polar surface area (TPSA) is 67.3 Å². The van der Waals surface area contributed by atoms with Crippen molar-refractivity contribution in [1.82, 2.24) is 9.97 Å². The molecule has 3 heterocycles. The van der Waals surface area contributed by atoms with E-state index in [2.05, 4.69) is 33.0 Å². The van der Waals surface area contributed by atoms with Gasteiger partial charge in [-0.25, -0.2) is 9.97 Å². The molecule has 2 N–H and O–H groups in total. The predicted molar refractivity (Wildman–Crippen MR) is 101 cm³/mol. The van der Waals surface area contributed by atoms with Crippen LogP contribution in [-0.4, -0.2) is 39.1 Å². The zero-order valence-corrected chi connectivity index (χ0v) is 16.3. The summed E-state index contributed by atoms with van der Waals surface area (Å²) in [4.78, 5) is 11.8. The minimum Gasteiger partial charge on any atom is -0.395 e. The molecule has 5 nitrogen and oxygen atoms in total. The molecule has 1 aliphatic heterocycles. The summed E-state index contributed by atoms with van der Waals surface area (Å²) in [5.41, 5.74) is 1.19. The van der Waals surface area contributed by atoms with Crippen molar-refractivity contribution in [2.75, 3.05) is 18.5 Å². The minimum absolute atomic E-state index is 0.0836. The van der Waals surface area contributed by atoms with Crippen LogP contribution in [0.25, 0.3) is 10.2 Å². The maximum Gasteiger partial charge on any atom is 0.191 e. The van der Waals surface area contributed by atoms with Crippen molar-refractivity contribution < 1.29 is 9.84 Å². The number of thioether (sulfide) groups is 1. The number of fused-ring (bicyclic) bond motifs is 3. The van der Waals surface area contributed by atoms with Crippen LogP contribution in [0.2, 0.25) is 0 Å². The predicted octanol–water partition coefficient (Wildman–Crippen LogP) is 3.84. The smallest absolute Gasteiger partial charge is 0.191 e. The maximum absolute atomic E-state index is 9.20. The van der Waals surface area contributed by atoms with Gasteiger partial charge in [0, 0.05) is 23.1 Å². The van der Waals surface area contributed by atoms with Gasteiger partial charge in [-0.1, -0.05) is 32.5 Å². The molecule has 0 saturated heterocycles. The lowest BCUT2D eigenvalue weighted by Gasteiger charge is -2.33. The summed E-state index contributed by atoms with van der Waals surface area (Å²) < 4.78 is 6.08. The van der Waals surface area contributed by atoms with Crippen molar-refractivity contribution in [2.45, 2.75) is 63.2 Å². The van der Waals surface area contributed by atoms with Gasteiger partial charge in [0.2, 0.25) is 0 Å². The van der Waals surface area contributed by atoms with E-state index in [0.29, 0.717) is 18.4 Å². The molecular formula is C17H25N3O2S2. The normalized spacial score (nSPS) is 20.6. The number of nitrogens with one attached hydrogen (secondary N) is 1.